The Morgan fingerprint density at radius 1 is 1.37 bits per heavy atom. The van der Waals surface area contributed by atoms with Crippen molar-refractivity contribution < 1.29 is 24.6 Å². The lowest BCUT2D eigenvalue weighted by atomic mass is 10.2. The number of benzene rings is 1. The van der Waals surface area contributed by atoms with Gasteiger partial charge in [-0.3, -0.25) is 10.1 Å². The van der Waals surface area contributed by atoms with Crippen molar-refractivity contribution in [2.24, 2.45) is 0 Å². The number of fused-ring (bicyclic) bond motifs is 1. The van der Waals surface area contributed by atoms with E-state index in [0.29, 0.717) is 24.7 Å². The van der Waals surface area contributed by atoms with Gasteiger partial charge >= 0.3 is 0 Å². The Morgan fingerprint density at radius 2 is 2.00 bits per heavy atom. The van der Waals surface area contributed by atoms with Crippen LogP contribution < -0.4 is 14.8 Å². The number of ether oxygens (including phenoxy) is 2. The third-order valence-electron chi connectivity index (χ3n) is 2.60. The maximum atomic E-state index is 11.0. The highest BCUT2D eigenvalue weighted by Gasteiger charge is 2.22. The van der Waals surface area contributed by atoms with E-state index in [9.17, 15) is 15.2 Å². The molecule has 0 spiro atoms. The molecule has 8 heteroatoms. The molecule has 0 amide bonds. The molecule has 104 valence electrons. The molecule has 19 heavy (non-hydrogen) atoms. The topological polar surface area (TPSA) is 114 Å². The number of hydrogen-bond acceptors (Lipinski definition) is 7. The fourth-order valence-corrected chi connectivity index (χ4v) is 1.66. The Balaban J connectivity index is 2.26. The summed E-state index contributed by atoms with van der Waals surface area (Å²) in [5.74, 6) is 0.740. The number of nitrogens with zero attached hydrogens (tertiary/aromatic N) is 1. The van der Waals surface area contributed by atoms with Gasteiger partial charge in [0.15, 0.2) is 11.5 Å². The van der Waals surface area contributed by atoms with Gasteiger partial charge in [0, 0.05) is 12.6 Å². The van der Waals surface area contributed by atoms with Crippen LogP contribution >= 0.6 is 0 Å². The van der Waals surface area contributed by atoms with Crippen LogP contribution in [0.1, 0.15) is 0 Å². The minimum Gasteiger partial charge on any atom is -0.486 e. The van der Waals surface area contributed by atoms with E-state index in [2.05, 4.69) is 5.32 Å². The fourth-order valence-electron chi connectivity index (χ4n) is 1.66. The molecule has 1 aliphatic rings. The van der Waals surface area contributed by atoms with E-state index in [1.54, 1.807) is 0 Å². The minimum atomic E-state index is -0.993. The highest BCUT2D eigenvalue weighted by molar-refractivity contribution is 5.68. The predicted molar refractivity (Wildman–Crippen MR) is 65.7 cm³/mol. The molecule has 8 nitrogen and oxygen atoms in total. The molecule has 0 radical (unpaired) electrons. The molecule has 0 saturated carbocycles. The van der Waals surface area contributed by atoms with Crippen LogP contribution in [0.3, 0.4) is 0 Å². The second-order valence-corrected chi connectivity index (χ2v) is 3.99. The van der Waals surface area contributed by atoms with Crippen LogP contribution in [0.25, 0.3) is 0 Å². The van der Waals surface area contributed by atoms with Crippen LogP contribution in [-0.2, 0) is 0 Å². The van der Waals surface area contributed by atoms with Crippen LogP contribution in [-0.4, -0.2) is 47.6 Å². The summed E-state index contributed by atoms with van der Waals surface area (Å²) in [6.45, 7) is 0.298. The van der Waals surface area contributed by atoms with E-state index in [0.717, 1.165) is 0 Å². The van der Waals surface area contributed by atoms with Gasteiger partial charge in [-0.1, -0.05) is 0 Å². The zero-order chi connectivity index (χ0) is 13.8. The van der Waals surface area contributed by atoms with Crippen molar-refractivity contribution in [2.45, 2.75) is 6.10 Å². The third-order valence-corrected chi connectivity index (χ3v) is 2.60. The number of rotatable bonds is 5. The molecule has 0 fully saturated rings. The average Bonchev–Trinajstić information content (AvgIpc) is 2.43. The van der Waals surface area contributed by atoms with Crippen molar-refractivity contribution in [1.29, 1.82) is 0 Å². The maximum Gasteiger partial charge on any atom is 0.296 e. The summed E-state index contributed by atoms with van der Waals surface area (Å²) in [7, 11) is 0. The lowest BCUT2D eigenvalue weighted by molar-refractivity contribution is -0.384. The summed E-state index contributed by atoms with van der Waals surface area (Å²) in [5, 5.41) is 31.7. The Labute approximate surface area is 108 Å². The van der Waals surface area contributed by atoms with Crippen LogP contribution in [0.2, 0.25) is 0 Å². The monoisotopic (exact) mass is 270 g/mol. The fraction of sp³-hybridized carbons (Fsp3) is 0.455. The smallest absolute Gasteiger partial charge is 0.296 e. The summed E-state index contributed by atoms with van der Waals surface area (Å²) >= 11 is 0. The molecule has 1 aromatic rings. The van der Waals surface area contributed by atoms with Crippen molar-refractivity contribution in [1.82, 2.24) is 0 Å². The van der Waals surface area contributed by atoms with Gasteiger partial charge < -0.3 is 25.0 Å². The van der Waals surface area contributed by atoms with Crippen molar-refractivity contribution in [3.05, 3.63) is 22.2 Å². The van der Waals surface area contributed by atoms with E-state index >= 15 is 0 Å². The first kappa shape index (κ1) is 13.4. The maximum absolute atomic E-state index is 11.0. The van der Waals surface area contributed by atoms with Gasteiger partial charge in [-0.2, -0.15) is 0 Å². The van der Waals surface area contributed by atoms with E-state index in [4.69, 9.17) is 14.6 Å². The minimum absolute atomic E-state index is 0.00299. The van der Waals surface area contributed by atoms with Crippen molar-refractivity contribution in [3.8, 4) is 11.5 Å². The van der Waals surface area contributed by atoms with Crippen LogP contribution in [0.5, 0.6) is 11.5 Å². The predicted octanol–water partition coefficient (Wildman–Crippen LogP) is 0.131. The molecule has 3 N–H and O–H groups in total. The van der Waals surface area contributed by atoms with Crippen molar-refractivity contribution in [2.75, 3.05) is 31.7 Å². The van der Waals surface area contributed by atoms with Gasteiger partial charge in [0.1, 0.15) is 18.9 Å². The molecule has 1 heterocycles. The average molecular weight is 270 g/mol. The lowest BCUT2D eigenvalue weighted by Gasteiger charge is -2.19. The first-order valence-corrected chi connectivity index (χ1v) is 5.72. The zero-order valence-corrected chi connectivity index (χ0v) is 10.0. The Kier molecular flexibility index (Phi) is 4.03. The Morgan fingerprint density at radius 3 is 2.58 bits per heavy atom. The SMILES string of the molecule is O=[N+]([O-])c1cc2c(cc1NCC(O)CO)OCCO2. The molecule has 0 bridgehead atoms. The number of aliphatic hydroxyl groups excluding tert-OH is 2. The van der Waals surface area contributed by atoms with E-state index < -0.39 is 17.6 Å². The molecular weight excluding hydrogens is 256 g/mol. The number of hydrogen-bond donors (Lipinski definition) is 3. The van der Waals surface area contributed by atoms with Gasteiger partial charge in [-0.25, -0.2) is 0 Å². The highest BCUT2D eigenvalue weighted by Crippen LogP contribution is 2.39. The quantitative estimate of drug-likeness (QED) is 0.514. The van der Waals surface area contributed by atoms with E-state index in [-0.39, 0.29) is 17.9 Å². The second-order valence-electron chi connectivity index (χ2n) is 3.99. The molecule has 2 rings (SSSR count). The Hall–Kier alpha value is -2.06. The standard InChI is InChI=1S/C11H14N2O6/c14-6-7(15)5-12-8-3-10-11(19-2-1-18-10)4-9(8)13(16)17/h3-4,7,12,14-15H,1-2,5-6H2. The highest BCUT2D eigenvalue weighted by atomic mass is 16.6. The van der Waals surface area contributed by atoms with Gasteiger partial charge in [0.2, 0.25) is 0 Å². The van der Waals surface area contributed by atoms with Gasteiger partial charge in [-0.15, -0.1) is 0 Å². The van der Waals surface area contributed by atoms with Crippen LogP contribution in [0.4, 0.5) is 11.4 Å². The molecule has 0 aliphatic carbocycles. The molecule has 1 aromatic carbocycles. The summed E-state index contributed by atoms with van der Waals surface area (Å²) < 4.78 is 10.6. The third kappa shape index (κ3) is 3.04. The van der Waals surface area contributed by atoms with E-state index in [1.807, 2.05) is 0 Å². The van der Waals surface area contributed by atoms with Gasteiger partial charge in [0.25, 0.3) is 5.69 Å². The first-order valence-electron chi connectivity index (χ1n) is 5.72. The lowest BCUT2D eigenvalue weighted by Crippen LogP contribution is -2.23. The molecule has 1 aliphatic heterocycles. The molecule has 1 unspecified atom stereocenters. The van der Waals surface area contributed by atoms with Gasteiger partial charge in [-0.05, 0) is 0 Å². The second kappa shape index (κ2) is 5.72. The first-order chi connectivity index (χ1) is 9.11. The zero-order valence-electron chi connectivity index (χ0n) is 10.0. The number of aliphatic hydroxyl groups is 2. The van der Waals surface area contributed by atoms with E-state index in [1.165, 1.54) is 12.1 Å². The molecule has 0 saturated heterocycles. The number of nitro groups is 1. The Bertz CT molecular complexity index is 478. The largest absolute Gasteiger partial charge is 0.486 e. The van der Waals surface area contributed by atoms with Crippen LogP contribution in [0.15, 0.2) is 12.1 Å². The molecule has 1 atom stereocenters. The normalized spacial score (nSPS) is 14.8. The van der Waals surface area contributed by atoms with Crippen LogP contribution in [0, 0.1) is 10.1 Å². The van der Waals surface area contributed by atoms with Crippen molar-refractivity contribution in [3.63, 3.8) is 0 Å². The number of anilines is 1. The number of nitro benzene ring substituents is 1. The summed E-state index contributed by atoms with van der Waals surface area (Å²) in [6.07, 6.45) is -0.993. The molecular formula is C11H14N2O6. The molecule has 0 aromatic heterocycles. The van der Waals surface area contributed by atoms with Gasteiger partial charge in [0.05, 0.1) is 23.7 Å². The van der Waals surface area contributed by atoms with Crippen molar-refractivity contribution >= 4 is 11.4 Å². The number of nitrogens with one attached hydrogen (secondary N) is 1. The summed E-state index contributed by atoms with van der Waals surface area (Å²) in [6, 6.07) is 2.73. The summed E-state index contributed by atoms with van der Waals surface area (Å²) in [4.78, 5) is 10.4. The summed E-state index contributed by atoms with van der Waals surface area (Å²) in [5.41, 5.74) is 0.0381.